The predicted octanol–water partition coefficient (Wildman–Crippen LogP) is 4.41. The van der Waals surface area contributed by atoms with Crippen molar-refractivity contribution in [2.45, 2.75) is 30.3 Å². The van der Waals surface area contributed by atoms with Crippen molar-refractivity contribution in [2.24, 2.45) is 0 Å². The zero-order valence-corrected chi connectivity index (χ0v) is 14.5. The summed E-state index contributed by atoms with van der Waals surface area (Å²) < 4.78 is 23.3. The van der Waals surface area contributed by atoms with E-state index in [1.54, 1.807) is 13.8 Å². The Bertz CT molecular complexity index is 748. The molecule has 0 spiro atoms. The highest BCUT2D eigenvalue weighted by molar-refractivity contribution is 9.09. The minimum atomic E-state index is -3.18. The summed E-state index contributed by atoms with van der Waals surface area (Å²) in [5.74, 6) is 0. The van der Waals surface area contributed by atoms with Crippen LogP contribution in [0.15, 0.2) is 36.4 Å². The van der Waals surface area contributed by atoms with Crippen LogP contribution in [0.3, 0.4) is 0 Å². The van der Waals surface area contributed by atoms with E-state index in [-0.39, 0.29) is 4.83 Å². The molecule has 0 fully saturated rings. The molecule has 2 rings (SSSR count). The normalized spacial score (nSPS) is 14.4. The SMILES string of the molecule is Cc1ccc2ccccc2c1C(Br)C(C)(C)S(C)(=O)=O. The molecule has 0 heterocycles. The van der Waals surface area contributed by atoms with Crippen molar-refractivity contribution in [2.75, 3.05) is 6.26 Å². The van der Waals surface area contributed by atoms with Crippen molar-refractivity contribution in [1.82, 2.24) is 0 Å². The first-order valence-electron chi connectivity index (χ1n) is 6.48. The lowest BCUT2D eigenvalue weighted by Gasteiger charge is -2.30. The number of benzene rings is 2. The molecule has 2 nitrogen and oxygen atoms in total. The number of sulfone groups is 1. The third kappa shape index (κ3) is 2.51. The molecule has 0 bridgehead atoms. The van der Waals surface area contributed by atoms with Crippen LogP contribution < -0.4 is 0 Å². The molecule has 0 amide bonds. The average Bonchev–Trinajstić information content (AvgIpc) is 2.36. The fourth-order valence-corrected chi connectivity index (χ4v) is 4.40. The van der Waals surface area contributed by atoms with E-state index in [1.165, 1.54) is 6.26 Å². The minimum absolute atomic E-state index is 0.254. The number of hydrogen-bond acceptors (Lipinski definition) is 2. The molecule has 108 valence electrons. The Balaban J connectivity index is 2.73. The fourth-order valence-electron chi connectivity index (χ4n) is 2.28. The third-order valence-corrected chi connectivity index (χ3v) is 8.06. The molecule has 0 aliphatic rings. The van der Waals surface area contributed by atoms with Gasteiger partial charge in [-0.05, 0) is 42.7 Å². The van der Waals surface area contributed by atoms with Crippen LogP contribution in [0, 0.1) is 6.92 Å². The van der Waals surface area contributed by atoms with E-state index in [4.69, 9.17) is 0 Å². The number of halogens is 1. The van der Waals surface area contributed by atoms with E-state index >= 15 is 0 Å². The van der Waals surface area contributed by atoms with Gasteiger partial charge in [0.15, 0.2) is 9.84 Å². The van der Waals surface area contributed by atoms with Gasteiger partial charge in [-0.3, -0.25) is 0 Å². The van der Waals surface area contributed by atoms with Crippen LogP contribution in [0.4, 0.5) is 0 Å². The maximum absolute atomic E-state index is 12.1. The summed E-state index contributed by atoms with van der Waals surface area (Å²) in [5, 5.41) is 2.23. The van der Waals surface area contributed by atoms with Gasteiger partial charge >= 0.3 is 0 Å². The molecule has 0 saturated heterocycles. The first-order chi connectivity index (χ1) is 9.16. The number of aryl methyl sites for hydroxylation is 1. The van der Waals surface area contributed by atoms with Crippen molar-refractivity contribution in [3.8, 4) is 0 Å². The van der Waals surface area contributed by atoms with Gasteiger partial charge in [0.25, 0.3) is 0 Å². The maximum Gasteiger partial charge on any atom is 0.154 e. The van der Waals surface area contributed by atoms with Gasteiger partial charge in [-0.25, -0.2) is 8.42 Å². The monoisotopic (exact) mass is 354 g/mol. The van der Waals surface area contributed by atoms with Gasteiger partial charge in [-0.2, -0.15) is 0 Å². The second kappa shape index (κ2) is 5.15. The maximum atomic E-state index is 12.1. The first-order valence-corrected chi connectivity index (χ1v) is 9.29. The van der Waals surface area contributed by atoms with Crippen LogP contribution in [0.1, 0.15) is 29.8 Å². The molecule has 0 radical (unpaired) electrons. The summed E-state index contributed by atoms with van der Waals surface area (Å²) in [4.78, 5) is -0.254. The smallest absolute Gasteiger partial charge is 0.154 e. The van der Waals surface area contributed by atoms with Gasteiger partial charge in [0.05, 0.1) is 9.57 Å². The van der Waals surface area contributed by atoms with Crippen LogP contribution in [0.5, 0.6) is 0 Å². The summed E-state index contributed by atoms with van der Waals surface area (Å²) in [6.07, 6.45) is 1.29. The lowest BCUT2D eigenvalue weighted by molar-refractivity contribution is 0.549. The Kier molecular flexibility index (Phi) is 4.00. The Labute approximate surface area is 129 Å². The number of fused-ring (bicyclic) bond motifs is 1. The molecule has 1 atom stereocenters. The van der Waals surface area contributed by atoms with E-state index in [9.17, 15) is 8.42 Å². The molecule has 2 aromatic rings. The van der Waals surface area contributed by atoms with E-state index in [0.717, 1.165) is 21.9 Å². The van der Waals surface area contributed by atoms with Gasteiger partial charge in [0.1, 0.15) is 0 Å². The highest BCUT2D eigenvalue weighted by Gasteiger charge is 2.39. The molecule has 0 aliphatic carbocycles. The highest BCUT2D eigenvalue weighted by atomic mass is 79.9. The summed E-state index contributed by atoms with van der Waals surface area (Å²) in [7, 11) is -3.18. The predicted molar refractivity (Wildman–Crippen MR) is 89.3 cm³/mol. The lowest BCUT2D eigenvalue weighted by atomic mass is 9.92. The molecule has 2 aromatic carbocycles. The number of rotatable bonds is 3. The van der Waals surface area contributed by atoms with Crippen LogP contribution in [-0.4, -0.2) is 19.4 Å². The first kappa shape index (κ1) is 15.5. The Morgan fingerprint density at radius 3 is 2.30 bits per heavy atom. The molecule has 0 saturated carbocycles. The minimum Gasteiger partial charge on any atom is -0.229 e. The largest absolute Gasteiger partial charge is 0.229 e. The van der Waals surface area contributed by atoms with Crippen LogP contribution in [0.2, 0.25) is 0 Å². The van der Waals surface area contributed by atoms with Crippen LogP contribution >= 0.6 is 15.9 Å². The van der Waals surface area contributed by atoms with Crippen molar-refractivity contribution in [1.29, 1.82) is 0 Å². The van der Waals surface area contributed by atoms with Crippen LogP contribution in [-0.2, 0) is 9.84 Å². The van der Waals surface area contributed by atoms with Gasteiger partial charge < -0.3 is 0 Å². The van der Waals surface area contributed by atoms with Gasteiger partial charge in [0.2, 0.25) is 0 Å². The van der Waals surface area contributed by atoms with E-state index in [0.29, 0.717) is 0 Å². The highest BCUT2D eigenvalue weighted by Crippen LogP contribution is 2.43. The lowest BCUT2D eigenvalue weighted by Crippen LogP contribution is -2.35. The molecule has 20 heavy (non-hydrogen) atoms. The molecule has 0 aromatic heterocycles. The second-order valence-electron chi connectivity index (χ2n) is 5.76. The molecule has 0 aliphatic heterocycles. The average molecular weight is 355 g/mol. The summed E-state index contributed by atoms with van der Waals surface area (Å²) in [5.41, 5.74) is 2.15. The zero-order valence-electron chi connectivity index (χ0n) is 12.1. The van der Waals surface area contributed by atoms with Gasteiger partial charge in [-0.15, -0.1) is 0 Å². The van der Waals surface area contributed by atoms with Gasteiger partial charge in [0, 0.05) is 6.26 Å². The topological polar surface area (TPSA) is 34.1 Å². The molecular weight excluding hydrogens is 336 g/mol. The van der Waals surface area contributed by atoms with Crippen LogP contribution in [0.25, 0.3) is 10.8 Å². The summed E-state index contributed by atoms with van der Waals surface area (Å²) in [6.45, 7) is 5.56. The summed E-state index contributed by atoms with van der Waals surface area (Å²) in [6, 6.07) is 12.2. The van der Waals surface area contributed by atoms with E-state index < -0.39 is 14.6 Å². The Morgan fingerprint density at radius 1 is 1.10 bits per heavy atom. The van der Waals surface area contributed by atoms with Crippen molar-refractivity contribution < 1.29 is 8.42 Å². The third-order valence-electron chi connectivity index (χ3n) is 4.01. The zero-order chi connectivity index (χ0) is 15.1. The molecule has 0 N–H and O–H groups in total. The Hall–Kier alpha value is -0.870. The Morgan fingerprint density at radius 2 is 1.70 bits per heavy atom. The molecule has 4 heteroatoms. The number of alkyl halides is 1. The quantitative estimate of drug-likeness (QED) is 0.765. The standard InChI is InChI=1S/C16H19BrO2S/c1-11-9-10-12-7-5-6-8-13(12)14(11)15(17)16(2,3)20(4,18)19/h5-10,15H,1-4H3. The second-order valence-corrected chi connectivity index (χ2v) is 9.27. The fraction of sp³-hybridized carbons (Fsp3) is 0.375. The summed E-state index contributed by atoms with van der Waals surface area (Å²) >= 11 is 3.64. The number of hydrogen-bond donors (Lipinski definition) is 0. The van der Waals surface area contributed by atoms with Crippen molar-refractivity contribution in [3.63, 3.8) is 0 Å². The van der Waals surface area contributed by atoms with Crippen molar-refractivity contribution in [3.05, 3.63) is 47.5 Å². The van der Waals surface area contributed by atoms with E-state index in [1.807, 2.05) is 37.3 Å². The van der Waals surface area contributed by atoms with Crippen molar-refractivity contribution >= 4 is 36.5 Å². The molecular formula is C16H19BrO2S. The van der Waals surface area contributed by atoms with E-state index in [2.05, 4.69) is 22.0 Å². The molecule has 1 unspecified atom stereocenters. The van der Waals surface area contributed by atoms with Gasteiger partial charge in [-0.1, -0.05) is 52.3 Å².